The van der Waals surface area contributed by atoms with Gasteiger partial charge in [0.2, 0.25) is 0 Å². The lowest BCUT2D eigenvalue weighted by atomic mass is 9.97. The molecule has 0 saturated heterocycles. The van der Waals surface area contributed by atoms with Crippen LogP contribution >= 0.6 is 0 Å². The third kappa shape index (κ3) is 5.96. The molecule has 0 amide bonds. The average Bonchev–Trinajstić information content (AvgIpc) is 1.59. The molecule has 0 heterocycles. The van der Waals surface area contributed by atoms with Crippen molar-refractivity contribution in [2.75, 3.05) is 6.54 Å². The smallest absolute Gasteiger partial charge is 0.0274 e. The van der Waals surface area contributed by atoms with Gasteiger partial charge in [-0.25, -0.2) is 0 Å². The van der Waals surface area contributed by atoms with Gasteiger partial charge < -0.3 is 5.32 Å². The van der Waals surface area contributed by atoms with Crippen LogP contribution < -0.4 is 5.32 Å². The second kappa shape index (κ2) is 3.08. The highest BCUT2D eigenvalue weighted by Crippen LogP contribution is 2.13. The van der Waals surface area contributed by atoms with E-state index in [1.165, 1.54) is 0 Å². The largest absolute Gasteiger partial charge is 0.312 e. The molecule has 0 spiro atoms. The Morgan fingerprint density at radius 3 is 2.00 bits per heavy atom. The van der Waals surface area contributed by atoms with Gasteiger partial charge in [-0.3, -0.25) is 0 Å². The molecule has 1 radical (unpaired) electrons. The van der Waals surface area contributed by atoms with Crippen molar-refractivity contribution in [1.29, 1.82) is 0 Å². The molecular weight excluding hydrogens is 98.1 g/mol. The molecule has 1 nitrogen and oxygen atoms in total. The van der Waals surface area contributed by atoms with Gasteiger partial charge in [-0.1, -0.05) is 27.7 Å². The fourth-order valence-corrected chi connectivity index (χ4v) is 0.408. The van der Waals surface area contributed by atoms with Crippen LogP contribution in [0.1, 0.15) is 27.7 Å². The summed E-state index contributed by atoms with van der Waals surface area (Å²) >= 11 is 0. The lowest BCUT2D eigenvalue weighted by Gasteiger charge is -2.16. The summed E-state index contributed by atoms with van der Waals surface area (Å²) in [5, 5.41) is 3.16. The first kappa shape index (κ1) is 7.96. The summed E-state index contributed by atoms with van der Waals surface area (Å²) < 4.78 is 0. The van der Waals surface area contributed by atoms with Crippen LogP contribution in [0.4, 0.5) is 0 Å². The second-order valence-corrected chi connectivity index (χ2v) is 3.07. The Morgan fingerprint density at radius 1 is 1.38 bits per heavy atom. The van der Waals surface area contributed by atoms with Crippen molar-refractivity contribution < 1.29 is 0 Å². The van der Waals surface area contributed by atoms with Crippen LogP contribution in [0.25, 0.3) is 0 Å². The van der Waals surface area contributed by atoms with Gasteiger partial charge in [0.1, 0.15) is 0 Å². The molecule has 0 fully saturated rings. The summed E-state index contributed by atoms with van der Waals surface area (Å²) in [5.41, 5.74) is 0.315. The molecule has 0 aliphatic rings. The Balaban J connectivity index is 3.11. The zero-order valence-electron chi connectivity index (χ0n) is 6.28. The lowest BCUT2D eigenvalue weighted by molar-refractivity contribution is 0.454. The Morgan fingerprint density at radius 2 is 1.88 bits per heavy atom. The summed E-state index contributed by atoms with van der Waals surface area (Å²) in [4.78, 5) is 0. The van der Waals surface area contributed by atoms with Gasteiger partial charge >= 0.3 is 0 Å². The van der Waals surface area contributed by atoms with Crippen LogP contribution in [0.5, 0.6) is 0 Å². The minimum Gasteiger partial charge on any atom is -0.312 e. The van der Waals surface area contributed by atoms with E-state index < -0.39 is 0 Å². The maximum atomic E-state index is 3.16. The topological polar surface area (TPSA) is 12.0 Å². The second-order valence-electron chi connectivity index (χ2n) is 3.07. The number of nitrogens with one attached hydrogen (secondary N) is 1. The Bertz CT molecular complexity index is 51.9. The van der Waals surface area contributed by atoms with E-state index in [9.17, 15) is 0 Å². The molecule has 0 atom stereocenters. The molecule has 0 aliphatic heterocycles. The van der Waals surface area contributed by atoms with Crippen molar-refractivity contribution in [3.05, 3.63) is 6.54 Å². The van der Waals surface area contributed by atoms with E-state index in [0.29, 0.717) is 5.41 Å². The van der Waals surface area contributed by atoms with Crippen LogP contribution in [0.15, 0.2) is 0 Å². The van der Waals surface area contributed by atoms with Crippen molar-refractivity contribution in [3.63, 3.8) is 0 Å². The molecule has 0 aromatic rings. The standard InChI is InChI=1S/C7H16N/c1-5-8-6-7(2,3)4/h6,8H,5H2,1-4H3. The predicted molar refractivity (Wildman–Crippen MR) is 37.4 cm³/mol. The summed E-state index contributed by atoms with van der Waals surface area (Å²) in [7, 11) is 0. The molecule has 1 N–H and O–H groups in total. The minimum absolute atomic E-state index is 0.315. The Hall–Kier alpha value is -0.0400. The maximum absolute atomic E-state index is 3.16. The van der Waals surface area contributed by atoms with Crippen molar-refractivity contribution in [2.45, 2.75) is 27.7 Å². The normalized spacial score (nSPS) is 12.0. The van der Waals surface area contributed by atoms with E-state index in [-0.39, 0.29) is 0 Å². The fraction of sp³-hybridized carbons (Fsp3) is 0.857. The van der Waals surface area contributed by atoms with Crippen molar-refractivity contribution in [3.8, 4) is 0 Å². The summed E-state index contributed by atoms with van der Waals surface area (Å²) in [6, 6.07) is 0. The third-order valence-corrected chi connectivity index (χ3v) is 0.739. The molecule has 0 aromatic carbocycles. The van der Waals surface area contributed by atoms with Crippen molar-refractivity contribution in [2.24, 2.45) is 5.41 Å². The number of rotatable bonds is 2. The molecule has 0 saturated carbocycles. The van der Waals surface area contributed by atoms with E-state index >= 15 is 0 Å². The quantitative estimate of drug-likeness (QED) is 0.577. The number of hydrogen-bond acceptors (Lipinski definition) is 1. The van der Waals surface area contributed by atoms with Crippen molar-refractivity contribution >= 4 is 0 Å². The molecule has 1 heteroatoms. The molecule has 8 heavy (non-hydrogen) atoms. The molecule has 0 unspecified atom stereocenters. The van der Waals surface area contributed by atoms with E-state index in [1.807, 2.05) is 0 Å². The summed E-state index contributed by atoms with van der Waals surface area (Å²) in [5.74, 6) is 0. The fourth-order valence-electron chi connectivity index (χ4n) is 0.408. The Labute approximate surface area is 52.5 Å². The first-order valence-electron chi connectivity index (χ1n) is 3.14. The summed E-state index contributed by atoms with van der Waals surface area (Å²) in [6.45, 7) is 11.8. The monoisotopic (exact) mass is 114 g/mol. The predicted octanol–water partition coefficient (Wildman–Crippen LogP) is 1.80. The van der Waals surface area contributed by atoms with E-state index in [2.05, 4.69) is 39.6 Å². The molecule has 0 aliphatic carbocycles. The molecule has 0 rings (SSSR count). The molecule has 49 valence electrons. The third-order valence-electron chi connectivity index (χ3n) is 0.739. The molecule has 0 bridgehead atoms. The first-order valence-corrected chi connectivity index (χ1v) is 3.14. The zero-order valence-corrected chi connectivity index (χ0v) is 6.28. The molecule has 0 aromatic heterocycles. The zero-order chi connectivity index (χ0) is 6.62. The average molecular weight is 114 g/mol. The van der Waals surface area contributed by atoms with Gasteiger partial charge in [0.25, 0.3) is 0 Å². The van der Waals surface area contributed by atoms with Crippen LogP contribution in [-0.2, 0) is 0 Å². The lowest BCUT2D eigenvalue weighted by Crippen LogP contribution is -2.19. The van der Waals surface area contributed by atoms with E-state index in [4.69, 9.17) is 0 Å². The van der Waals surface area contributed by atoms with Crippen molar-refractivity contribution in [1.82, 2.24) is 5.32 Å². The molecular formula is C7H16N. The Kier molecular flexibility index (Phi) is 3.06. The SMILES string of the molecule is CCN[CH]C(C)(C)C. The highest BCUT2D eigenvalue weighted by molar-refractivity contribution is 4.76. The van der Waals surface area contributed by atoms with Gasteiger partial charge in [0.05, 0.1) is 0 Å². The first-order chi connectivity index (χ1) is 3.56. The van der Waals surface area contributed by atoms with Crippen LogP contribution in [-0.4, -0.2) is 6.54 Å². The van der Waals surface area contributed by atoms with Gasteiger partial charge in [-0.2, -0.15) is 0 Å². The van der Waals surface area contributed by atoms with Crippen LogP contribution in [0.3, 0.4) is 0 Å². The number of hydrogen-bond donors (Lipinski definition) is 1. The maximum Gasteiger partial charge on any atom is 0.0274 e. The van der Waals surface area contributed by atoms with Crippen LogP contribution in [0.2, 0.25) is 0 Å². The van der Waals surface area contributed by atoms with Gasteiger partial charge in [0, 0.05) is 6.54 Å². The van der Waals surface area contributed by atoms with Gasteiger partial charge in [0.15, 0.2) is 0 Å². The van der Waals surface area contributed by atoms with E-state index in [1.54, 1.807) is 0 Å². The highest BCUT2D eigenvalue weighted by atomic mass is 14.9. The minimum atomic E-state index is 0.315. The van der Waals surface area contributed by atoms with Gasteiger partial charge in [-0.15, -0.1) is 0 Å². The highest BCUT2D eigenvalue weighted by Gasteiger charge is 2.07. The van der Waals surface area contributed by atoms with Gasteiger partial charge in [-0.05, 0) is 12.0 Å². The summed E-state index contributed by atoms with van der Waals surface area (Å²) in [6.07, 6.45) is 0. The van der Waals surface area contributed by atoms with E-state index in [0.717, 1.165) is 6.54 Å². The van der Waals surface area contributed by atoms with Crippen LogP contribution in [0, 0.1) is 12.0 Å².